The first-order valence-corrected chi connectivity index (χ1v) is 7.85. The summed E-state index contributed by atoms with van der Waals surface area (Å²) in [7, 11) is 3.14. The minimum absolute atomic E-state index is 0.113. The Kier molecular flexibility index (Phi) is 8.43. The molecule has 1 unspecified atom stereocenters. The van der Waals surface area contributed by atoms with E-state index in [2.05, 4.69) is 11.8 Å². The topological polar surface area (TPSA) is 79.2 Å². The molecule has 1 rings (SSSR count). The molecule has 0 bridgehead atoms. The van der Waals surface area contributed by atoms with Crippen LogP contribution in [0.3, 0.4) is 0 Å². The number of benzene rings is 1. The molecule has 1 atom stereocenters. The number of ether oxygens (including phenoxy) is 2. The zero-order chi connectivity index (χ0) is 17.2. The summed E-state index contributed by atoms with van der Waals surface area (Å²) < 4.78 is 10.5. The molecule has 1 aromatic rings. The van der Waals surface area contributed by atoms with Gasteiger partial charge in [-0.05, 0) is 31.5 Å². The van der Waals surface area contributed by atoms with Gasteiger partial charge in [-0.3, -0.25) is 4.79 Å². The van der Waals surface area contributed by atoms with Crippen molar-refractivity contribution in [2.75, 3.05) is 33.9 Å². The highest BCUT2D eigenvalue weighted by atomic mass is 16.5. The van der Waals surface area contributed by atoms with Gasteiger partial charge in [0.25, 0.3) is 0 Å². The molecular formula is C17H27NO5. The van der Waals surface area contributed by atoms with E-state index in [-0.39, 0.29) is 6.42 Å². The van der Waals surface area contributed by atoms with E-state index in [1.54, 1.807) is 32.4 Å². The second-order valence-electron chi connectivity index (χ2n) is 5.40. The SMILES string of the molecule is CCCN(CCC(=O)O)CCC(O)c1ccc(OC)cc1OC. The zero-order valence-corrected chi connectivity index (χ0v) is 14.1. The molecule has 0 fully saturated rings. The fourth-order valence-electron chi connectivity index (χ4n) is 2.46. The van der Waals surface area contributed by atoms with Crippen molar-refractivity contribution >= 4 is 5.97 Å². The Morgan fingerprint density at radius 3 is 2.52 bits per heavy atom. The van der Waals surface area contributed by atoms with Crippen LogP contribution in [-0.2, 0) is 4.79 Å². The lowest BCUT2D eigenvalue weighted by molar-refractivity contribution is -0.137. The fraction of sp³-hybridized carbons (Fsp3) is 0.588. The Morgan fingerprint density at radius 2 is 1.96 bits per heavy atom. The summed E-state index contributed by atoms with van der Waals surface area (Å²) in [5.74, 6) is 0.458. The first-order chi connectivity index (χ1) is 11.0. The maximum absolute atomic E-state index is 10.7. The molecule has 130 valence electrons. The van der Waals surface area contributed by atoms with E-state index < -0.39 is 12.1 Å². The van der Waals surface area contributed by atoms with E-state index in [0.717, 1.165) is 13.0 Å². The highest BCUT2D eigenvalue weighted by Crippen LogP contribution is 2.31. The lowest BCUT2D eigenvalue weighted by Crippen LogP contribution is -2.29. The number of nitrogens with zero attached hydrogens (tertiary/aromatic N) is 1. The molecule has 0 radical (unpaired) electrons. The average Bonchev–Trinajstić information content (AvgIpc) is 2.56. The van der Waals surface area contributed by atoms with Gasteiger partial charge in [0.1, 0.15) is 11.5 Å². The van der Waals surface area contributed by atoms with Crippen LogP contribution in [0.4, 0.5) is 0 Å². The Hall–Kier alpha value is -1.79. The van der Waals surface area contributed by atoms with E-state index in [1.165, 1.54) is 0 Å². The molecule has 6 heteroatoms. The Bertz CT molecular complexity index is 492. The van der Waals surface area contributed by atoms with Crippen molar-refractivity contribution in [3.05, 3.63) is 23.8 Å². The minimum atomic E-state index is -0.802. The summed E-state index contributed by atoms with van der Waals surface area (Å²) in [6.45, 7) is 4.00. The van der Waals surface area contributed by atoms with Crippen LogP contribution >= 0.6 is 0 Å². The van der Waals surface area contributed by atoms with Crippen molar-refractivity contribution in [1.29, 1.82) is 0 Å². The van der Waals surface area contributed by atoms with Crippen LogP contribution in [0.2, 0.25) is 0 Å². The summed E-state index contributed by atoms with van der Waals surface area (Å²) in [5.41, 5.74) is 0.711. The third kappa shape index (κ3) is 6.46. The van der Waals surface area contributed by atoms with Crippen LogP contribution in [0.25, 0.3) is 0 Å². The maximum Gasteiger partial charge on any atom is 0.304 e. The standard InChI is InChI=1S/C17H27NO5/c1-4-9-18(11-8-17(20)21)10-7-15(19)14-6-5-13(22-2)12-16(14)23-3/h5-6,12,15,19H,4,7-11H2,1-3H3,(H,20,21). The lowest BCUT2D eigenvalue weighted by atomic mass is 10.0. The van der Waals surface area contributed by atoms with Gasteiger partial charge in [-0.15, -0.1) is 0 Å². The molecule has 0 saturated heterocycles. The van der Waals surface area contributed by atoms with Crippen molar-refractivity contribution in [3.63, 3.8) is 0 Å². The number of aliphatic carboxylic acids is 1. The molecule has 6 nitrogen and oxygen atoms in total. The molecular weight excluding hydrogens is 298 g/mol. The van der Waals surface area contributed by atoms with Crippen molar-refractivity contribution in [2.45, 2.75) is 32.3 Å². The molecule has 0 amide bonds. The highest BCUT2D eigenvalue weighted by Gasteiger charge is 2.16. The van der Waals surface area contributed by atoms with E-state index in [9.17, 15) is 9.90 Å². The Labute approximate surface area is 137 Å². The monoisotopic (exact) mass is 325 g/mol. The maximum atomic E-state index is 10.7. The number of aliphatic hydroxyl groups is 1. The molecule has 0 heterocycles. The van der Waals surface area contributed by atoms with Crippen molar-refractivity contribution in [1.82, 2.24) is 4.90 Å². The second kappa shape index (κ2) is 10.1. The summed E-state index contributed by atoms with van der Waals surface area (Å²) >= 11 is 0. The third-order valence-corrected chi connectivity index (χ3v) is 3.70. The normalized spacial score (nSPS) is 12.2. The number of carboxylic acid groups (broad SMARTS) is 1. The van der Waals surface area contributed by atoms with E-state index in [0.29, 0.717) is 36.6 Å². The second-order valence-corrected chi connectivity index (χ2v) is 5.40. The predicted molar refractivity (Wildman–Crippen MR) is 88.1 cm³/mol. The van der Waals surface area contributed by atoms with Gasteiger partial charge in [0.15, 0.2) is 0 Å². The summed E-state index contributed by atoms with van der Waals surface area (Å²) in [5, 5.41) is 19.2. The molecule has 0 aliphatic carbocycles. The summed E-state index contributed by atoms with van der Waals surface area (Å²) in [4.78, 5) is 12.8. The Balaban J connectivity index is 2.66. The number of carbonyl (C=O) groups is 1. The minimum Gasteiger partial charge on any atom is -0.497 e. The van der Waals surface area contributed by atoms with Gasteiger partial charge in [-0.25, -0.2) is 0 Å². The molecule has 0 aromatic heterocycles. The number of rotatable bonds is 11. The quantitative estimate of drug-likeness (QED) is 0.650. The number of carboxylic acids is 1. The fourth-order valence-corrected chi connectivity index (χ4v) is 2.46. The van der Waals surface area contributed by atoms with Gasteiger partial charge >= 0.3 is 5.97 Å². The van der Waals surface area contributed by atoms with Gasteiger partial charge in [0.2, 0.25) is 0 Å². The molecule has 0 saturated carbocycles. The first-order valence-electron chi connectivity index (χ1n) is 7.85. The summed E-state index contributed by atoms with van der Waals surface area (Å²) in [6, 6.07) is 5.33. The van der Waals surface area contributed by atoms with Gasteiger partial charge in [-0.1, -0.05) is 6.92 Å². The van der Waals surface area contributed by atoms with E-state index >= 15 is 0 Å². The van der Waals surface area contributed by atoms with Gasteiger partial charge in [-0.2, -0.15) is 0 Å². The Morgan fingerprint density at radius 1 is 1.22 bits per heavy atom. The summed E-state index contributed by atoms with van der Waals surface area (Å²) in [6.07, 6.45) is 0.909. The zero-order valence-electron chi connectivity index (χ0n) is 14.1. The van der Waals surface area contributed by atoms with Crippen LogP contribution in [0.5, 0.6) is 11.5 Å². The molecule has 0 aliphatic rings. The number of methoxy groups -OCH3 is 2. The van der Waals surface area contributed by atoms with Gasteiger partial charge < -0.3 is 24.6 Å². The molecule has 23 heavy (non-hydrogen) atoms. The smallest absolute Gasteiger partial charge is 0.304 e. The van der Waals surface area contributed by atoms with Crippen molar-refractivity contribution < 1.29 is 24.5 Å². The lowest BCUT2D eigenvalue weighted by Gasteiger charge is -2.23. The number of hydrogen-bond donors (Lipinski definition) is 2. The first kappa shape index (κ1) is 19.3. The van der Waals surface area contributed by atoms with Crippen molar-refractivity contribution in [2.24, 2.45) is 0 Å². The average molecular weight is 325 g/mol. The van der Waals surface area contributed by atoms with Crippen LogP contribution in [0.15, 0.2) is 18.2 Å². The third-order valence-electron chi connectivity index (χ3n) is 3.70. The van der Waals surface area contributed by atoms with E-state index in [4.69, 9.17) is 14.6 Å². The van der Waals surface area contributed by atoms with E-state index in [1.807, 2.05) is 0 Å². The van der Waals surface area contributed by atoms with Gasteiger partial charge in [0.05, 0.1) is 26.7 Å². The molecule has 0 spiro atoms. The largest absolute Gasteiger partial charge is 0.497 e. The van der Waals surface area contributed by atoms with Crippen LogP contribution < -0.4 is 9.47 Å². The number of hydrogen-bond acceptors (Lipinski definition) is 5. The predicted octanol–water partition coefficient (Wildman–Crippen LogP) is 2.31. The van der Waals surface area contributed by atoms with Crippen LogP contribution in [-0.4, -0.2) is 54.9 Å². The molecule has 0 aliphatic heterocycles. The highest BCUT2D eigenvalue weighted by molar-refractivity contribution is 5.66. The van der Waals surface area contributed by atoms with Gasteiger partial charge in [0, 0.05) is 24.7 Å². The number of aliphatic hydroxyl groups excluding tert-OH is 1. The molecule has 1 aromatic carbocycles. The van der Waals surface area contributed by atoms with Crippen LogP contribution in [0.1, 0.15) is 37.9 Å². The molecule has 2 N–H and O–H groups in total. The van der Waals surface area contributed by atoms with Crippen molar-refractivity contribution in [3.8, 4) is 11.5 Å². The van der Waals surface area contributed by atoms with Crippen LogP contribution in [0, 0.1) is 0 Å².